The van der Waals surface area contributed by atoms with Gasteiger partial charge in [-0.2, -0.15) is 0 Å². The smallest absolute Gasteiger partial charge is 0.338 e. The first-order valence-corrected chi connectivity index (χ1v) is 11.3. The summed E-state index contributed by atoms with van der Waals surface area (Å²) in [6.45, 7) is 1.11. The fraction of sp³-hybridized carbons (Fsp3) is 0.667. The summed E-state index contributed by atoms with van der Waals surface area (Å²) < 4.78 is 22.4. The highest BCUT2D eigenvalue weighted by Crippen LogP contribution is 2.55. The van der Waals surface area contributed by atoms with Crippen LogP contribution in [0.5, 0.6) is 0 Å². The third-order valence-electron chi connectivity index (χ3n) is 7.35. The van der Waals surface area contributed by atoms with Crippen molar-refractivity contribution in [1.82, 2.24) is 0 Å². The van der Waals surface area contributed by atoms with Gasteiger partial charge in [-0.3, -0.25) is 4.79 Å². The van der Waals surface area contributed by atoms with Crippen LogP contribution in [-0.2, 0) is 23.7 Å². The van der Waals surface area contributed by atoms with Gasteiger partial charge in [0.15, 0.2) is 5.79 Å². The van der Waals surface area contributed by atoms with E-state index < -0.39 is 23.3 Å². The molecule has 7 heteroatoms. The molecule has 0 amide bonds. The SMILES string of the molecule is COC(=O)[C@@H]1[C@@H]([C@@]2(O)CCCC[C@@H]2CCOC(=O)c2ccccc2)CCC12OCCO2. The second-order valence-electron chi connectivity index (χ2n) is 8.88. The molecule has 3 aliphatic rings. The number of carbonyl (C=O) groups is 2. The predicted octanol–water partition coefficient (Wildman–Crippen LogP) is 3.10. The molecule has 2 saturated carbocycles. The Hall–Kier alpha value is -1.96. The van der Waals surface area contributed by atoms with E-state index in [0.29, 0.717) is 44.5 Å². The molecule has 1 aromatic carbocycles. The van der Waals surface area contributed by atoms with Crippen molar-refractivity contribution in [3.63, 3.8) is 0 Å². The molecule has 1 saturated heterocycles. The molecule has 1 N–H and O–H groups in total. The fourth-order valence-corrected chi connectivity index (χ4v) is 5.88. The van der Waals surface area contributed by atoms with Gasteiger partial charge in [0.2, 0.25) is 0 Å². The number of benzene rings is 1. The number of ether oxygens (including phenoxy) is 4. The van der Waals surface area contributed by atoms with Crippen molar-refractivity contribution in [2.24, 2.45) is 17.8 Å². The maximum absolute atomic E-state index is 12.8. The number of esters is 2. The highest BCUT2D eigenvalue weighted by Gasteiger charge is 2.63. The van der Waals surface area contributed by atoms with E-state index in [0.717, 1.165) is 19.3 Å². The van der Waals surface area contributed by atoms with Crippen molar-refractivity contribution < 1.29 is 33.6 Å². The van der Waals surface area contributed by atoms with E-state index in [-0.39, 0.29) is 24.4 Å². The molecule has 170 valence electrons. The van der Waals surface area contributed by atoms with E-state index in [1.165, 1.54) is 7.11 Å². The van der Waals surface area contributed by atoms with Crippen molar-refractivity contribution in [3.8, 4) is 0 Å². The van der Waals surface area contributed by atoms with Crippen LogP contribution < -0.4 is 0 Å². The van der Waals surface area contributed by atoms with Crippen molar-refractivity contribution >= 4 is 11.9 Å². The molecule has 1 aliphatic heterocycles. The summed E-state index contributed by atoms with van der Waals surface area (Å²) in [5, 5.41) is 11.9. The molecule has 4 rings (SSSR count). The Bertz CT molecular complexity index is 773. The highest BCUT2D eigenvalue weighted by atomic mass is 16.7. The molecule has 0 aromatic heterocycles. The zero-order chi connectivity index (χ0) is 21.9. The summed E-state index contributed by atoms with van der Waals surface area (Å²) in [5.74, 6) is -2.78. The van der Waals surface area contributed by atoms with E-state index in [2.05, 4.69) is 0 Å². The van der Waals surface area contributed by atoms with Gasteiger partial charge >= 0.3 is 11.9 Å². The van der Waals surface area contributed by atoms with Gasteiger partial charge < -0.3 is 24.1 Å². The van der Waals surface area contributed by atoms with Crippen LogP contribution in [0, 0.1) is 17.8 Å². The Morgan fingerprint density at radius 3 is 2.55 bits per heavy atom. The lowest BCUT2D eigenvalue weighted by molar-refractivity contribution is -0.215. The van der Waals surface area contributed by atoms with E-state index in [1.807, 2.05) is 6.07 Å². The average Bonchev–Trinajstić information content (AvgIpc) is 3.43. The third-order valence-corrected chi connectivity index (χ3v) is 7.35. The van der Waals surface area contributed by atoms with Crippen LogP contribution in [0.4, 0.5) is 0 Å². The maximum atomic E-state index is 12.8. The zero-order valence-electron chi connectivity index (χ0n) is 18.1. The summed E-state index contributed by atoms with van der Waals surface area (Å²) in [4.78, 5) is 25.0. The lowest BCUT2D eigenvalue weighted by atomic mass is 9.64. The van der Waals surface area contributed by atoms with Gasteiger partial charge in [0.25, 0.3) is 0 Å². The topological polar surface area (TPSA) is 91.3 Å². The molecule has 4 atom stereocenters. The Kier molecular flexibility index (Phi) is 6.65. The number of aliphatic hydroxyl groups is 1. The second-order valence-corrected chi connectivity index (χ2v) is 8.88. The largest absolute Gasteiger partial charge is 0.469 e. The summed E-state index contributed by atoms with van der Waals surface area (Å²) in [6, 6.07) is 8.89. The van der Waals surface area contributed by atoms with Crippen LogP contribution in [0.25, 0.3) is 0 Å². The van der Waals surface area contributed by atoms with Crippen molar-refractivity contribution in [2.75, 3.05) is 26.9 Å². The van der Waals surface area contributed by atoms with E-state index in [1.54, 1.807) is 24.3 Å². The molecule has 0 bridgehead atoms. The number of hydrogen-bond donors (Lipinski definition) is 1. The monoisotopic (exact) mass is 432 g/mol. The van der Waals surface area contributed by atoms with E-state index in [9.17, 15) is 14.7 Å². The molecular weight excluding hydrogens is 400 g/mol. The van der Waals surface area contributed by atoms with Crippen LogP contribution in [0.2, 0.25) is 0 Å². The molecule has 1 aromatic rings. The van der Waals surface area contributed by atoms with Gasteiger partial charge in [-0.05, 0) is 43.7 Å². The first-order chi connectivity index (χ1) is 15.0. The van der Waals surface area contributed by atoms with Crippen LogP contribution in [-0.4, -0.2) is 55.4 Å². The van der Waals surface area contributed by atoms with E-state index >= 15 is 0 Å². The molecule has 0 unspecified atom stereocenters. The van der Waals surface area contributed by atoms with Crippen LogP contribution >= 0.6 is 0 Å². The van der Waals surface area contributed by atoms with Gasteiger partial charge in [-0.1, -0.05) is 31.0 Å². The van der Waals surface area contributed by atoms with Gasteiger partial charge in [-0.15, -0.1) is 0 Å². The Balaban J connectivity index is 1.47. The van der Waals surface area contributed by atoms with Gasteiger partial charge in [0.05, 0.1) is 38.1 Å². The number of rotatable bonds is 6. The first-order valence-electron chi connectivity index (χ1n) is 11.3. The minimum Gasteiger partial charge on any atom is -0.469 e. The van der Waals surface area contributed by atoms with Gasteiger partial charge in [0, 0.05) is 12.3 Å². The Morgan fingerprint density at radius 1 is 1.10 bits per heavy atom. The van der Waals surface area contributed by atoms with Crippen molar-refractivity contribution in [3.05, 3.63) is 35.9 Å². The second kappa shape index (κ2) is 9.27. The predicted molar refractivity (Wildman–Crippen MR) is 111 cm³/mol. The number of hydrogen-bond acceptors (Lipinski definition) is 7. The van der Waals surface area contributed by atoms with Crippen molar-refractivity contribution in [1.29, 1.82) is 0 Å². The normalized spacial score (nSPS) is 32.1. The lowest BCUT2D eigenvalue weighted by Gasteiger charge is -2.46. The fourth-order valence-electron chi connectivity index (χ4n) is 5.88. The lowest BCUT2D eigenvalue weighted by Crippen LogP contribution is -2.54. The Morgan fingerprint density at radius 2 is 1.84 bits per heavy atom. The number of carbonyl (C=O) groups excluding carboxylic acids is 2. The van der Waals surface area contributed by atoms with Gasteiger partial charge in [-0.25, -0.2) is 4.79 Å². The van der Waals surface area contributed by atoms with E-state index in [4.69, 9.17) is 18.9 Å². The minimum atomic E-state index is -1.05. The summed E-state index contributed by atoms with van der Waals surface area (Å²) in [5.41, 5.74) is -0.532. The maximum Gasteiger partial charge on any atom is 0.338 e. The first kappa shape index (κ1) is 22.2. The molecule has 1 spiro atoms. The summed E-state index contributed by atoms with van der Waals surface area (Å²) in [6.07, 6.45) is 5.10. The molecular formula is C24H32O7. The highest BCUT2D eigenvalue weighted by molar-refractivity contribution is 5.89. The molecule has 31 heavy (non-hydrogen) atoms. The summed E-state index contributed by atoms with van der Waals surface area (Å²) >= 11 is 0. The van der Waals surface area contributed by atoms with Crippen LogP contribution in [0.3, 0.4) is 0 Å². The molecule has 2 aliphatic carbocycles. The van der Waals surface area contributed by atoms with Gasteiger partial charge in [0.1, 0.15) is 5.92 Å². The zero-order valence-corrected chi connectivity index (χ0v) is 18.1. The molecule has 1 heterocycles. The number of methoxy groups -OCH3 is 1. The average molecular weight is 433 g/mol. The van der Waals surface area contributed by atoms with Crippen molar-refractivity contribution in [2.45, 2.75) is 56.3 Å². The minimum absolute atomic E-state index is 0.0708. The summed E-state index contributed by atoms with van der Waals surface area (Å²) in [7, 11) is 1.37. The van der Waals surface area contributed by atoms with Crippen LogP contribution in [0.1, 0.15) is 55.3 Å². The van der Waals surface area contributed by atoms with Crippen LogP contribution in [0.15, 0.2) is 30.3 Å². The quantitative estimate of drug-likeness (QED) is 0.691. The Labute approximate surface area is 183 Å². The molecule has 0 radical (unpaired) electrons. The third kappa shape index (κ3) is 4.23. The standard InChI is InChI=1S/C24H32O7/c1-28-22(26)20-19(10-13-24(20)30-15-16-31-24)23(27)12-6-5-9-18(23)11-14-29-21(25)17-7-3-2-4-8-17/h2-4,7-8,18-20,27H,5-6,9-16H2,1H3/t18-,19+,20+,23-/m1/s1. The molecule has 7 nitrogen and oxygen atoms in total. The molecule has 3 fully saturated rings.